The lowest BCUT2D eigenvalue weighted by Crippen LogP contribution is -1.94. The summed E-state index contributed by atoms with van der Waals surface area (Å²) in [6, 6.07) is 12.9. The highest BCUT2D eigenvalue weighted by atomic mass is 35.5. The Labute approximate surface area is 125 Å². The van der Waals surface area contributed by atoms with Crippen LogP contribution in [0, 0.1) is 22.7 Å². The minimum Gasteiger partial charge on any atom is -0.505 e. The number of para-hydroxylation sites is 1. The van der Waals surface area contributed by atoms with Crippen molar-refractivity contribution in [3.63, 3.8) is 0 Å². The average Bonchev–Trinajstić information content (AvgIpc) is 2.51. The summed E-state index contributed by atoms with van der Waals surface area (Å²) in [5.74, 6) is 0.104. The van der Waals surface area contributed by atoms with Crippen LogP contribution in [0.4, 0.5) is 0 Å². The molecule has 1 heterocycles. The Balaban J connectivity index is 2.43. The molecule has 0 aliphatic carbocycles. The SMILES string of the molecule is N#CC(C#N)=C(O)c1ccccc1Oc1ccc(Cl)cn1. The molecule has 0 saturated carbocycles. The number of nitrogens with zero attached hydrogens (tertiary/aromatic N) is 3. The van der Waals surface area contributed by atoms with Crippen molar-refractivity contribution in [1.29, 1.82) is 10.5 Å². The van der Waals surface area contributed by atoms with Gasteiger partial charge in [-0.3, -0.25) is 0 Å². The van der Waals surface area contributed by atoms with Crippen molar-refractivity contribution in [2.75, 3.05) is 0 Å². The minimum absolute atomic E-state index is 0.229. The van der Waals surface area contributed by atoms with E-state index >= 15 is 0 Å². The van der Waals surface area contributed by atoms with Crippen LogP contribution >= 0.6 is 11.6 Å². The molecule has 6 heteroatoms. The molecule has 0 fully saturated rings. The zero-order chi connectivity index (χ0) is 15.2. The maximum absolute atomic E-state index is 10.00. The molecule has 0 saturated heterocycles. The van der Waals surface area contributed by atoms with E-state index in [1.54, 1.807) is 42.5 Å². The van der Waals surface area contributed by atoms with Crippen molar-refractivity contribution < 1.29 is 9.84 Å². The van der Waals surface area contributed by atoms with Crippen molar-refractivity contribution in [2.24, 2.45) is 0 Å². The highest BCUT2D eigenvalue weighted by Crippen LogP contribution is 2.29. The molecular weight excluding hydrogens is 290 g/mol. The molecule has 0 aliphatic heterocycles. The zero-order valence-electron chi connectivity index (χ0n) is 10.6. The van der Waals surface area contributed by atoms with E-state index in [4.69, 9.17) is 26.9 Å². The number of hydrogen-bond acceptors (Lipinski definition) is 5. The van der Waals surface area contributed by atoms with Crippen LogP contribution in [0.5, 0.6) is 11.6 Å². The summed E-state index contributed by atoms with van der Waals surface area (Å²) in [5.41, 5.74) is -0.164. The third kappa shape index (κ3) is 3.30. The van der Waals surface area contributed by atoms with Crippen LogP contribution in [0.15, 0.2) is 48.2 Å². The first kappa shape index (κ1) is 14.4. The Hall–Kier alpha value is -3.02. The Kier molecular flexibility index (Phi) is 4.40. The first-order valence-corrected chi connectivity index (χ1v) is 6.15. The second-order valence-electron chi connectivity index (χ2n) is 3.86. The van der Waals surface area contributed by atoms with Crippen LogP contribution < -0.4 is 4.74 Å². The molecule has 0 radical (unpaired) electrons. The lowest BCUT2D eigenvalue weighted by Gasteiger charge is -2.09. The average molecular weight is 298 g/mol. The van der Waals surface area contributed by atoms with E-state index in [1.165, 1.54) is 12.3 Å². The predicted octanol–water partition coefficient (Wildman–Crippen LogP) is 3.84. The molecule has 0 aliphatic rings. The summed E-state index contributed by atoms with van der Waals surface area (Å²) in [6.45, 7) is 0. The van der Waals surface area contributed by atoms with Gasteiger partial charge in [0.1, 0.15) is 17.9 Å². The van der Waals surface area contributed by atoms with Crippen LogP contribution in [0.1, 0.15) is 5.56 Å². The number of aliphatic hydroxyl groups is 1. The van der Waals surface area contributed by atoms with Gasteiger partial charge < -0.3 is 9.84 Å². The number of aliphatic hydroxyl groups excluding tert-OH is 1. The number of hydrogen-bond donors (Lipinski definition) is 1. The van der Waals surface area contributed by atoms with Gasteiger partial charge in [-0.15, -0.1) is 0 Å². The van der Waals surface area contributed by atoms with Crippen molar-refractivity contribution in [3.05, 3.63) is 58.8 Å². The standard InChI is InChI=1S/C15H8ClN3O2/c16-11-5-6-14(19-9-11)21-13-4-2-1-3-12(13)15(20)10(7-17)8-18/h1-6,9,20H. The molecule has 2 aromatic rings. The number of pyridine rings is 1. The van der Waals surface area contributed by atoms with Gasteiger partial charge in [0.2, 0.25) is 5.88 Å². The molecule has 5 nitrogen and oxygen atoms in total. The Morgan fingerprint density at radius 1 is 1.14 bits per heavy atom. The van der Waals surface area contributed by atoms with Crippen LogP contribution in [-0.2, 0) is 0 Å². The number of halogens is 1. The highest BCUT2D eigenvalue weighted by molar-refractivity contribution is 6.30. The second-order valence-corrected chi connectivity index (χ2v) is 4.30. The number of aromatic nitrogens is 1. The molecule has 102 valence electrons. The van der Waals surface area contributed by atoms with E-state index in [0.29, 0.717) is 5.02 Å². The zero-order valence-corrected chi connectivity index (χ0v) is 11.4. The largest absolute Gasteiger partial charge is 0.505 e. The van der Waals surface area contributed by atoms with Crippen LogP contribution in [0.2, 0.25) is 5.02 Å². The van der Waals surface area contributed by atoms with E-state index < -0.39 is 11.3 Å². The fraction of sp³-hybridized carbons (Fsp3) is 0. The maximum atomic E-state index is 10.00. The van der Waals surface area contributed by atoms with Gasteiger partial charge in [0.05, 0.1) is 10.6 Å². The van der Waals surface area contributed by atoms with Crippen LogP contribution in [0.3, 0.4) is 0 Å². The molecule has 0 spiro atoms. The van der Waals surface area contributed by atoms with Gasteiger partial charge in [-0.05, 0) is 18.2 Å². The third-order valence-corrected chi connectivity index (χ3v) is 2.74. The molecule has 0 amide bonds. The first-order chi connectivity index (χ1) is 10.2. The molecule has 1 N–H and O–H groups in total. The number of ether oxygens (including phenoxy) is 1. The monoisotopic (exact) mass is 297 g/mol. The summed E-state index contributed by atoms with van der Waals surface area (Å²) >= 11 is 5.74. The van der Waals surface area contributed by atoms with E-state index in [1.807, 2.05) is 0 Å². The molecular formula is C15H8ClN3O2. The number of rotatable bonds is 3. The number of benzene rings is 1. The predicted molar refractivity (Wildman–Crippen MR) is 76.5 cm³/mol. The quantitative estimate of drug-likeness (QED) is 0.686. The lowest BCUT2D eigenvalue weighted by atomic mass is 10.1. The lowest BCUT2D eigenvalue weighted by molar-refractivity contribution is 0.451. The number of nitriles is 2. The summed E-state index contributed by atoms with van der Waals surface area (Å²) in [6.07, 6.45) is 1.42. The molecule has 0 bridgehead atoms. The summed E-state index contributed by atoms with van der Waals surface area (Å²) in [4.78, 5) is 3.98. The smallest absolute Gasteiger partial charge is 0.219 e. The number of allylic oxidation sites excluding steroid dienone is 1. The Morgan fingerprint density at radius 2 is 1.86 bits per heavy atom. The van der Waals surface area contributed by atoms with Gasteiger partial charge in [0, 0.05) is 12.3 Å². The fourth-order valence-electron chi connectivity index (χ4n) is 1.55. The van der Waals surface area contributed by atoms with E-state index in [-0.39, 0.29) is 17.2 Å². The van der Waals surface area contributed by atoms with E-state index in [9.17, 15) is 5.11 Å². The molecule has 1 aromatic heterocycles. The highest BCUT2D eigenvalue weighted by Gasteiger charge is 2.13. The van der Waals surface area contributed by atoms with Gasteiger partial charge in [0.25, 0.3) is 0 Å². The second kappa shape index (κ2) is 6.42. The normalized spacial score (nSPS) is 9.29. The topological polar surface area (TPSA) is 89.9 Å². The van der Waals surface area contributed by atoms with E-state index in [0.717, 1.165) is 0 Å². The van der Waals surface area contributed by atoms with Crippen LogP contribution in [0.25, 0.3) is 5.76 Å². The minimum atomic E-state index is -0.440. The summed E-state index contributed by atoms with van der Waals surface area (Å²) in [7, 11) is 0. The molecule has 1 aromatic carbocycles. The molecule has 2 rings (SSSR count). The Morgan fingerprint density at radius 3 is 2.48 bits per heavy atom. The van der Waals surface area contributed by atoms with Crippen molar-refractivity contribution in [2.45, 2.75) is 0 Å². The van der Waals surface area contributed by atoms with Gasteiger partial charge in [-0.2, -0.15) is 10.5 Å². The van der Waals surface area contributed by atoms with Crippen molar-refractivity contribution in [1.82, 2.24) is 4.98 Å². The third-order valence-electron chi connectivity index (χ3n) is 2.52. The summed E-state index contributed by atoms with van der Waals surface area (Å²) < 4.78 is 5.54. The van der Waals surface area contributed by atoms with Gasteiger partial charge in [0.15, 0.2) is 11.3 Å². The van der Waals surface area contributed by atoms with Crippen LogP contribution in [-0.4, -0.2) is 10.1 Å². The van der Waals surface area contributed by atoms with Gasteiger partial charge in [-0.1, -0.05) is 23.7 Å². The fourth-order valence-corrected chi connectivity index (χ4v) is 1.66. The summed E-state index contributed by atoms with van der Waals surface area (Å²) in [5, 5.41) is 28.1. The van der Waals surface area contributed by atoms with Crippen molar-refractivity contribution in [3.8, 4) is 23.8 Å². The maximum Gasteiger partial charge on any atom is 0.219 e. The molecule has 21 heavy (non-hydrogen) atoms. The van der Waals surface area contributed by atoms with Gasteiger partial charge >= 0.3 is 0 Å². The van der Waals surface area contributed by atoms with Gasteiger partial charge in [-0.25, -0.2) is 4.98 Å². The van der Waals surface area contributed by atoms with E-state index in [2.05, 4.69) is 4.98 Å². The van der Waals surface area contributed by atoms with Crippen molar-refractivity contribution >= 4 is 17.4 Å². The first-order valence-electron chi connectivity index (χ1n) is 5.78. The Bertz CT molecular complexity index is 755. The molecule has 0 unspecified atom stereocenters. The molecule has 0 atom stereocenters.